The van der Waals surface area contributed by atoms with Crippen LogP contribution in [0.4, 0.5) is 0 Å². The molecule has 254 valence electrons. The van der Waals surface area contributed by atoms with Gasteiger partial charge in [0.15, 0.2) is 23.3 Å². The normalized spacial score (nSPS) is 11.0. The highest BCUT2D eigenvalue weighted by Crippen LogP contribution is 2.32. The number of benzene rings is 7. The van der Waals surface area contributed by atoms with E-state index in [0.717, 1.165) is 67.0 Å². The van der Waals surface area contributed by atoms with Crippen molar-refractivity contribution in [3.63, 3.8) is 0 Å². The Morgan fingerprint density at radius 2 is 0.481 bits per heavy atom. The van der Waals surface area contributed by atoms with Crippen LogP contribution in [0.5, 0.6) is 0 Å². The topological polar surface area (TPSA) is 64.5 Å². The Balaban J connectivity index is 1.08. The molecule has 2 aromatic heterocycles. The van der Waals surface area contributed by atoms with E-state index in [0.29, 0.717) is 23.3 Å². The van der Waals surface area contributed by atoms with E-state index in [1.165, 1.54) is 0 Å². The van der Waals surface area contributed by atoms with Gasteiger partial charge < -0.3 is 0 Å². The van der Waals surface area contributed by atoms with Gasteiger partial charge >= 0.3 is 0 Å². The summed E-state index contributed by atoms with van der Waals surface area (Å²) in [5, 5.41) is 0. The van der Waals surface area contributed by atoms with Gasteiger partial charge in [0.2, 0.25) is 0 Å². The first kappa shape index (κ1) is 32.5. The molecule has 54 heavy (non-hydrogen) atoms. The Bertz CT molecular complexity index is 2620. The lowest BCUT2D eigenvalue weighted by Crippen LogP contribution is -2.00. The van der Waals surface area contributed by atoms with Gasteiger partial charge in [0.25, 0.3) is 0 Å². The average Bonchev–Trinajstić information content (AvgIpc) is 3.27. The molecule has 5 nitrogen and oxygen atoms in total. The number of aromatic nitrogens is 5. The summed E-state index contributed by atoms with van der Waals surface area (Å²) in [7, 11) is 0. The predicted octanol–water partition coefficient (Wildman–Crippen LogP) is 12.0. The maximum absolute atomic E-state index is 5.05. The fourth-order valence-corrected chi connectivity index (χ4v) is 6.56. The summed E-state index contributed by atoms with van der Waals surface area (Å²) in [5.74, 6) is 2.57. The lowest BCUT2D eigenvalue weighted by atomic mass is 10.00. The van der Waals surface area contributed by atoms with Crippen LogP contribution in [0, 0.1) is 0 Å². The Kier molecular flexibility index (Phi) is 8.86. The third-order valence-electron chi connectivity index (χ3n) is 9.36. The van der Waals surface area contributed by atoms with Crippen molar-refractivity contribution in [2.24, 2.45) is 0 Å². The third kappa shape index (κ3) is 6.94. The molecule has 0 radical (unpaired) electrons. The molecule has 0 aliphatic carbocycles. The zero-order valence-corrected chi connectivity index (χ0v) is 29.3. The SMILES string of the molecule is c1ccc(-c2cccc(-c3nc(-c4ccccc4)nc(-c4cccc(-c5ccc(-c6cc(-c7ccccc7)nc(-c7ccccc7)n6)cc5)c4)n3)c2)cc1. The Morgan fingerprint density at radius 1 is 0.185 bits per heavy atom. The lowest BCUT2D eigenvalue weighted by Gasteiger charge is -2.11. The van der Waals surface area contributed by atoms with Crippen molar-refractivity contribution in [2.75, 3.05) is 0 Å². The fourth-order valence-electron chi connectivity index (χ4n) is 6.56. The van der Waals surface area contributed by atoms with Crippen LogP contribution in [0.3, 0.4) is 0 Å². The highest BCUT2D eigenvalue weighted by atomic mass is 15.0. The molecule has 0 saturated heterocycles. The van der Waals surface area contributed by atoms with E-state index in [9.17, 15) is 0 Å². The molecule has 0 bridgehead atoms. The fraction of sp³-hybridized carbons (Fsp3) is 0. The van der Waals surface area contributed by atoms with Crippen molar-refractivity contribution >= 4 is 0 Å². The van der Waals surface area contributed by atoms with Gasteiger partial charge in [-0.2, -0.15) is 0 Å². The lowest BCUT2D eigenvalue weighted by molar-refractivity contribution is 1.07. The van der Waals surface area contributed by atoms with Crippen LogP contribution in [0.1, 0.15) is 0 Å². The van der Waals surface area contributed by atoms with Crippen LogP contribution in [-0.2, 0) is 0 Å². The van der Waals surface area contributed by atoms with Crippen molar-refractivity contribution in [1.29, 1.82) is 0 Å². The molecule has 0 spiro atoms. The zero-order valence-electron chi connectivity index (χ0n) is 29.3. The molecule has 0 aliphatic heterocycles. The monoisotopic (exact) mass is 691 g/mol. The van der Waals surface area contributed by atoms with Crippen molar-refractivity contribution in [2.45, 2.75) is 0 Å². The minimum Gasteiger partial charge on any atom is -0.228 e. The van der Waals surface area contributed by atoms with Crippen molar-refractivity contribution < 1.29 is 0 Å². The van der Waals surface area contributed by atoms with E-state index in [-0.39, 0.29) is 0 Å². The summed E-state index contributed by atoms with van der Waals surface area (Å²) >= 11 is 0. The summed E-state index contributed by atoms with van der Waals surface area (Å²) < 4.78 is 0. The molecule has 7 aromatic carbocycles. The van der Waals surface area contributed by atoms with Crippen LogP contribution < -0.4 is 0 Å². The van der Waals surface area contributed by atoms with Crippen LogP contribution >= 0.6 is 0 Å². The molecule has 2 heterocycles. The molecule has 9 rings (SSSR count). The molecule has 0 fully saturated rings. The van der Waals surface area contributed by atoms with Gasteiger partial charge in [-0.3, -0.25) is 0 Å². The summed E-state index contributed by atoms with van der Waals surface area (Å²) in [4.78, 5) is 25.0. The molecule has 9 aromatic rings. The highest BCUT2D eigenvalue weighted by molar-refractivity contribution is 5.77. The molecule has 0 unspecified atom stereocenters. The standard InChI is InChI=1S/C49H33N5/c1-5-15-34(16-6-1)40-23-13-25-42(31-40)48-52-47(39-21-11-4-12-22-39)53-49(54-48)43-26-14-24-41(32-43)35-27-29-37(30-28-35)45-33-44(36-17-7-2-8-18-36)50-46(51-45)38-19-9-3-10-20-38/h1-33H. The van der Waals surface area contributed by atoms with Crippen molar-refractivity contribution in [3.8, 4) is 90.3 Å². The van der Waals surface area contributed by atoms with Crippen LogP contribution in [0.2, 0.25) is 0 Å². The number of hydrogen-bond acceptors (Lipinski definition) is 5. The quantitative estimate of drug-likeness (QED) is 0.159. The van der Waals surface area contributed by atoms with E-state index in [1.54, 1.807) is 0 Å². The average molecular weight is 692 g/mol. The first-order valence-corrected chi connectivity index (χ1v) is 17.9. The maximum Gasteiger partial charge on any atom is 0.164 e. The maximum atomic E-state index is 5.05. The van der Waals surface area contributed by atoms with E-state index >= 15 is 0 Å². The smallest absolute Gasteiger partial charge is 0.164 e. The predicted molar refractivity (Wildman–Crippen MR) is 219 cm³/mol. The summed E-state index contributed by atoms with van der Waals surface area (Å²) in [6, 6.07) is 68.2. The van der Waals surface area contributed by atoms with E-state index in [4.69, 9.17) is 24.9 Å². The van der Waals surface area contributed by atoms with Crippen molar-refractivity contribution in [1.82, 2.24) is 24.9 Å². The highest BCUT2D eigenvalue weighted by Gasteiger charge is 2.15. The van der Waals surface area contributed by atoms with Gasteiger partial charge in [0.05, 0.1) is 11.4 Å². The van der Waals surface area contributed by atoms with E-state index < -0.39 is 0 Å². The van der Waals surface area contributed by atoms with Gasteiger partial charge in [-0.1, -0.05) is 182 Å². The van der Waals surface area contributed by atoms with Crippen LogP contribution in [-0.4, -0.2) is 24.9 Å². The second-order valence-corrected chi connectivity index (χ2v) is 13.0. The van der Waals surface area contributed by atoms with Gasteiger partial charge in [0, 0.05) is 33.4 Å². The van der Waals surface area contributed by atoms with E-state index in [2.05, 4.69) is 115 Å². The third-order valence-corrected chi connectivity index (χ3v) is 9.36. The van der Waals surface area contributed by atoms with Gasteiger partial charge in [-0.05, 0) is 40.5 Å². The first-order valence-electron chi connectivity index (χ1n) is 17.9. The van der Waals surface area contributed by atoms with Crippen LogP contribution in [0.25, 0.3) is 90.3 Å². The molecule has 0 amide bonds. The summed E-state index contributed by atoms with van der Waals surface area (Å²) in [6.07, 6.45) is 0. The van der Waals surface area contributed by atoms with Crippen molar-refractivity contribution in [3.05, 3.63) is 200 Å². The Labute approximate surface area is 314 Å². The first-order chi connectivity index (χ1) is 26.7. The minimum absolute atomic E-state index is 0.616. The van der Waals surface area contributed by atoms with Gasteiger partial charge in [-0.25, -0.2) is 24.9 Å². The number of hydrogen-bond donors (Lipinski definition) is 0. The Hall–Kier alpha value is -7.37. The van der Waals surface area contributed by atoms with Crippen LogP contribution in [0.15, 0.2) is 200 Å². The second-order valence-electron chi connectivity index (χ2n) is 13.0. The minimum atomic E-state index is 0.616. The van der Waals surface area contributed by atoms with Gasteiger partial charge in [-0.15, -0.1) is 0 Å². The largest absolute Gasteiger partial charge is 0.228 e. The number of rotatable bonds is 8. The molecule has 5 heteroatoms. The summed E-state index contributed by atoms with van der Waals surface area (Å²) in [6.45, 7) is 0. The molecule has 0 aliphatic rings. The molecular weight excluding hydrogens is 659 g/mol. The Morgan fingerprint density at radius 3 is 0.944 bits per heavy atom. The second kappa shape index (κ2) is 14.7. The summed E-state index contributed by atoms with van der Waals surface area (Å²) in [5.41, 5.74) is 12.0. The zero-order chi connectivity index (χ0) is 36.1. The van der Waals surface area contributed by atoms with Gasteiger partial charge in [0.1, 0.15) is 0 Å². The molecule has 0 N–H and O–H groups in total. The number of nitrogens with zero attached hydrogens (tertiary/aromatic N) is 5. The molecule has 0 atom stereocenters. The molecule has 0 saturated carbocycles. The molecular formula is C49H33N5. The van der Waals surface area contributed by atoms with E-state index in [1.807, 2.05) is 84.9 Å².